The summed E-state index contributed by atoms with van der Waals surface area (Å²) in [5.74, 6) is -1.02. The van der Waals surface area contributed by atoms with Gasteiger partial charge in [-0.3, -0.25) is 4.79 Å². The fraction of sp³-hybridized carbons (Fsp3) is 0.143. The molecule has 0 aliphatic rings. The Morgan fingerprint density at radius 3 is 2.63 bits per heavy atom. The number of hydrogen-bond donors (Lipinski definition) is 2. The summed E-state index contributed by atoms with van der Waals surface area (Å²) in [7, 11) is 0. The second kappa shape index (κ2) is 8.10. The predicted octanol–water partition coefficient (Wildman–Crippen LogP) is 4.11. The van der Waals surface area contributed by atoms with E-state index < -0.39 is 5.97 Å². The summed E-state index contributed by atoms with van der Waals surface area (Å²) in [6, 6.07) is 18.1. The molecule has 0 aliphatic carbocycles. The van der Waals surface area contributed by atoms with Gasteiger partial charge < -0.3 is 15.8 Å². The number of carbonyl (C=O) groups is 2. The molecular formula is C21H19ClN2O3. The minimum absolute atomic E-state index is 0.228. The first-order valence-corrected chi connectivity index (χ1v) is 8.82. The van der Waals surface area contributed by atoms with Crippen LogP contribution in [0.2, 0.25) is 5.02 Å². The van der Waals surface area contributed by atoms with E-state index in [0.717, 1.165) is 16.3 Å². The fourth-order valence-corrected chi connectivity index (χ4v) is 2.99. The van der Waals surface area contributed by atoms with Gasteiger partial charge in [0, 0.05) is 0 Å². The van der Waals surface area contributed by atoms with Gasteiger partial charge in [0.2, 0.25) is 0 Å². The van der Waals surface area contributed by atoms with Crippen molar-refractivity contribution in [3.05, 3.63) is 76.8 Å². The fourth-order valence-electron chi connectivity index (χ4n) is 2.87. The maximum atomic E-state index is 12.2. The van der Waals surface area contributed by atoms with Crippen LogP contribution in [0.3, 0.4) is 0 Å². The number of nitrogens with two attached hydrogens (primary N) is 1. The molecule has 0 aliphatic heterocycles. The van der Waals surface area contributed by atoms with Crippen LogP contribution in [0.15, 0.2) is 60.7 Å². The molecule has 0 radical (unpaired) electrons. The van der Waals surface area contributed by atoms with Crippen molar-refractivity contribution < 1.29 is 14.3 Å². The lowest BCUT2D eigenvalue weighted by Crippen LogP contribution is -2.31. The zero-order chi connectivity index (χ0) is 19.4. The summed E-state index contributed by atoms with van der Waals surface area (Å²) in [6.45, 7) is 1.51. The lowest BCUT2D eigenvalue weighted by Gasteiger charge is -2.16. The Hall–Kier alpha value is -3.05. The third kappa shape index (κ3) is 4.38. The molecule has 5 nitrogen and oxygen atoms in total. The summed E-state index contributed by atoms with van der Waals surface area (Å²) in [6.07, 6.45) is 0. The Morgan fingerprint density at radius 1 is 1.11 bits per heavy atom. The Labute approximate surface area is 162 Å². The summed E-state index contributed by atoms with van der Waals surface area (Å²) in [4.78, 5) is 24.2. The van der Waals surface area contributed by atoms with Gasteiger partial charge >= 0.3 is 5.97 Å². The maximum absolute atomic E-state index is 12.2. The molecule has 1 atom stereocenters. The number of nitrogen functional groups attached to an aromatic ring is 1. The highest BCUT2D eigenvalue weighted by atomic mass is 35.5. The molecule has 3 rings (SSSR count). The average molecular weight is 383 g/mol. The number of esters is 1. The lowest BCUT2D eigenvalue weighted by atomic mass is 10.00. The highest BCUT2D eigenvalue weighted by molar-refractivity contribution is 6.33. The van der Waals surface area contributed by atoms with Crippen LogP contribution in [0.25, 0.3) is 10.8 Å². The first-order chi connectivity index (χ1) is 13.0. The minimum atomic E-state index is -0.633. The first kappa shape index (κ1) is 18.7. The third-order valence-corrected chi connectivity index (χ3v) is 4.58. The number of hydrogen-bond acceptors (Lipinski definition) is 4. The van der Waals surface area contributed by atoms with E-state index in [-0.39, 0.29) is 29.8 Å². The lowest BCUT2D eigenvalue weighted by molar-refractivity contribution is -0.124. The standard InChI is InChI=1S/C21H19ClN2O3/c1-13(16-8-4-6-14-5-2-3-7-17(14)16)24-20(25)12-27-21(26)15-9-10-18(22)19(23)11-15/h2-11,13H,12,23H2,1H3,(H,24,25)/t13-/m1/s1. The van der Waals surface area contributed by atoms with Crippen molar-refractivity contribution in [3.8, 4) is 0 Å². The molecule has 0 saturated carbocycles. The van der Waals surface area contributed by atoms with E-state index in [2.05, 4.69) is 5.32 Å². The summed E-state index contributed by atoms with van der Waals surface area (Å²) in [5.41, 5.74) is 7.19. The van der Waals surface area contributed by atoms with Crippen LogP contribution < -0.4 is 11.1 Å². The van der Waals surface area contributed by atoms with Gasteiger partial charge in [-0.25, -0.2) is 4.79 Å². The van der Waals surface area contributed by atoms with E-state index in [1.807, 2.05) is 49.4 Å². The number of halogens is 1. The van der Waals surface area contributed by atoms with E-state index in [1.54, 1.807) is 0 Å². The number of nitrogens with one attached hydrogen (secondary N) is 1. The quantitative estimate of drug-likeness (QED) is 0.514. The Morgan fingerprint density at radius 2 is 1.85 bits per heavy atom. The Kier molecular flexibility index (Phi) is 5.62. The van der Waals surface area contributed by atoms with Crippen LogP contribution in [0, 0.1) is 0 Å². The molecule has 1 amide bonds. The molecule has 6 heteroatoms. The molecule has 0 unspecified atom stereocenters. The van der Waals surface area contributed by atoms with Crippen molar-refractivity contribution in [2.24, 2.45) is 0 Å². The van der Waals surface area contributed by atoms with Crippen molar-refractivity contribution in [3.63, 3.8) is 0 Å². The molecule has 0 bridgehead atoms. The van der Waals surface area contributed by atoms with Crippen LogP contribution in [0.5, 0.6) is 0 Å². The van der Waals surface area contributed by atoms with Crippen LogP contribution >= 0.6 is 11.6 Å². The van der Waals surface area contributed by atoms with Crippen LogP contribution in [-0.2, 0) is 9.53 Å². The second-order valence-corrected chi connectivity index (χ2v) is 6.58. The number of rotatable bonds is 5. The van der Waals surface area contributed by atoms with Crippen molar-refractivity contribution in [1.29, 1.82) is 0 Å². The summed E-state index contributed by atoms with van der Waals surface area (Å²) in [5, 5.41) is 5.38. The van der Waals surface area contributed by atoms with E-state index >= 15 is 0 Å². The number of carbonyl (C=O) groups excluding carboxylic acids is 2. The topological polar surface area (TPSA) is 81.4 Å². The van der Waals surface area contributed by atoms with Crippen LogP contribution in [-0.4, -0.2) is 18.5 Å². The molecule has 0 aromatic heterocycles. The second-order valence-electron chi connectivity index (χ2n) is 6.17. The largest absolute Gasteiger partial charge is 0.452 e. The normalized spacial score (nSPS) is 11.8. The van der Waals surface area contributed by atoms with E-state index in [4.69, 9.17) is 22.1 Å². The number of fused-ring (bicyclic) bond motifs is 1. The number of ether oxygens (including phenoxy) is 1. The van der Waals surface area contributed by atoms with E-state index in [1.165, 1.54) is 18.2 Å². The van der Waals surface area contributed by atoms with Gasteiger partial charge in [-0.1, -0.05) is 54.1 Å². The van der Waals surface area contributed by atoms with E-state index in [9.17, 15) is 9.59 Å². The number of anilines is 1. The zero-order valence-corrected chi connectivity index (χ0v) is 15.5. The van der Waals surface area contributed by atoms with Gasteiger partial charge in [-0.15, -0.1) is 0 Å². The molecule has 0 spiro atoms. The highest BCUT2D eigenvalue weighted by Crippen LogP contribution is 2.24. The van der Waals surface area contributed by atoms with Crippen molar-refractivity contribution >= 4 is 39.9 Å². The average Bonchev–Trinajstić information content (AvgIpc) is 2.67. The molecule has 0 fully saturated rings. The summed E-state index contributed by atoms with van der Waals surface area (Å²) >= 11 is 5.83. The van der Waals surface area contributed by atoms with E-state index in [0.29, 0.717) is 5.02 Å². The highest BCUT2D eigenvalue weighted by Gasteiger charge is 2.15. The molecular weight excluding hydrogens is 364 g/mol. The van der Waals surface area contributed by atoms with Gasteiger partial charge in [0.1, 0.15) is 0 Å². The molecule has 27 heavy (non-hydrogen) atoms. The van der Waals surface area contributed by atoms with Gasteiger partial charge in [-0.2, -0.15) is 0 Å². The van der Waals surface area contributed by atoms with Crippen molar-refractivity contribution in [1.82, 2.24) is 5.32 Å². The monoisotopic (exact) mass is 382 g/mol. The maximum Gasteiger partial charge on any atom is 0.338 e. The van der Waals surface area contributed by atoms with Gasteiger partial charge in [-0.05, 0) is 41.5 Å². The van der Waals surface area contributed by atoms with Gasteiger partial charge in [0.05, 0.1) is 22.3 Å². The van der Waals surface area contributed by atoms with Gasteiger partial charge in [0.25, 0.3) is 5.91 Å². The number of amides is 1. The summed E-state index contributed by atoms with van der Waals surface area (Å²) < 4.78 is 5.06. The molecule has 138 valence electrons. The molecule has 3 N–H and O–H groups in total. The SMILES string of the molecule is C[C@@H](NC(=O)COC(=O)c1ccc(Cl)c(N)c1)c1cccc2ccccc12. The van der Waals surface area contributed by atoms with Crippen molar-refractivity contribution in [2.45, 2.75) is 13.0 Å². The molecule has 0 heterocycles. The molecule has 3 aromatic carbocycles. The molecule has 0 saturated heterocycles. The minimum Gasteiger partial charge on any atom is -0.452 e. The smallest absolute Gasteiger partial charge is 0.338 e. The van der Waals surface area contributed by atoms with Crippen LogP contribution in [0.1, 0.15) is 28.9 Å². The third-order valence-electron chi connectivity index (χ3n) is 4.23. The Bertz CT molecular complexity index is 998. The Balaban J connectivity index is 1.61. The predicted molar refractivity (Wildman–Crippen MR) is 107 cm³/mol. The van der Waals surface area contributed by atoms with Crippen molar-refractivity contribution in [2.75, 3.05) is 12.3 Å². The first-order valence-electron chi connectivity index (χ1n) is 8.45. The van der Waals surface area contributed by atoms with Gasteiger partial charge in [0.15, 0.2) is 6.61 Å². The van der Waals surface area contributed by atoms with Crippen LogP contribution in [0.4, 0.5) is 5.69 Å². The zero-order valence-electron chi connectivity index (χ0n) is 14.7. The molecule has 3 aromatic rings. The number of benzene rings is 3.